The lowest BCUT2D eigenvalue weighted by atomic mass is 9.79. The molecule has 1 aromatic heterocycles. The molecule has 0 bridgehead atoms. The monoisotopic (exact) mass is 680 g/mol. The van der Waals surface area contributed by atoms with E-state index in [0.29, 0.717) is 44.0 Å². The number of alkyl carbamates (subject to hydrolysis) is 1. The van der Waals surface area contributed by atoms with Gasteiger partial charge in [-0.3, -0.25) is 19.1 Å². The highest BCUT2D eigenvalue weighted by Crippen LogP contribution is 2.32. The third-order valence-electron chi connectivity index (χ3n) is 8.53. The minimum atomic E-state index is -0.993. The molecule has 1 saturated carbocycles. The van der Waals surface area contributed by atoms with E-state index in [1.165, 1.54) is 0 Å². The summed E-state index contributed by atoms with van der Waals surface area (Å²) in [4.78, 5) is 52.3. The van der Waals surface area contributed by atoms with Gasteiger partial charge >= 0.3 is 6.09 Å². The zero-order valence-corrected chi connectivity index (χ0v) is 30.6. The van der Waals surface area contributed by atoms with Gasteiger partial charge in [0.2, 0.25) is 17.7 Å². The van der Waals surface area contributed by atoms with E-state index < -0.39 is 42.1 Å². The summed E-state index contributed by atoms with van der Waals surface area (Å²) >= 11 is 1.56. The number of carbonyl (C=O) groups excluding carboxylic acids is 4. The average Bonchev–Trinajstić information content (AvgIpc) is 3.30. The fourth-order valence-corrected chi connectivity index (χ4v) is 6.05. The van der Waals surface area contributed by atoms with Crippen LogP contribution in [-0.4, -0.2) is 88.1 Å². The van der Waals surface area contributed by atoms with Crippen LogP contribution in [0.5, 0.6) is 0 Å². The lowest BCUT2D eigenvalue weighted by Crippen LogP contribution is -2.54. The molecule has 1 fully saturated rings. The summed E-state index contributed by atoms with van der Waals surface area (Å²) in [5.41, 5.74) is 1.85. The third-order valence-corrected chi connectivity index (χ3v) is 9.17. The molecule has 5 N–H and O–H groups in total. The van der Waals surface area contributed by atoms with Crippen LogP contribution in [0.1, 0.15) is 91.0 Å². The second-order valence-corrected chi connectivity index (χ2v) is 14.9. The number of thioether (sulfide) groups is 1. The maximum atomic E-state index is 13.5. The number of hydrogen-bond donors (Lipinski definition) is 5. The Labute approximate surface area is 285 Å². The van der Waals surface area contributed by atoms with E-state index in [9.17, 15) is 24.3 Å². The van der Waals surface area contributed by atoms with Crippen molar-refractivity contribution in [2.45, 2.75) is 124 Å². The first-order valence-corrected chi connectivity index (χ1v) is 18.6. The van der Waals surface area contributed by atoms with Crippen LogP contribution in [0.4, 0.5) is 4.79 Å². The Balaban J connectivity index is 2.03. The lowest BCUT2D eigenvalue weighted by molar-refractivity contribution is -0.132. The zero-order chi connectivity index (χ0) is 35.1. The first-order chi connectivity index (χ1) is 22.2. The smallest absolute Gasteiger partial charge is 0.407 e. The first-order valence-electron chi connectivity index (χ1n) is 17.2. The van der Waals surface area contributed by atoms with Crippen molar-refractivity contribution in [1.29, 1.82) is 0 Å². The fourth-order valence-electron chi connectivity index (χ4n) is 5.58. The SMILES string of the molecule is CSCC[C@H](NC(=O)OCCn1nc(C)cc1C)C(=O)N[C@@H](CC1CCC1)[C@@H](O)C[C@@H](C)C(=O)N[C@@H](CC(C)C)C(=O)NCC(C)C. The molecular formula is C34H60N6O6S. The largest absolute Gasteiger partial charge is 0.448 e. The van der Waals surface area contributed by atoms with Gasteiger partial charge in [0.25, 0.3) is 0 Å². The molecule has 5 atom stereocenters. The van der Waals surface area contributed by atoms with Crippen molar-refractivity contribution < 1.29 is 29.0 Å². The Morgan fingerprint density at radius 1 is 0.979 bits per heavy atom. The number of amides is 4. The third kappa shape index (κ3) is 14.9. The van der Waals surface area contributed by atoms with Gasteiger partial charge in [0, 0.05) is 18.2 Å². The Morgan fingerprint density at radius 2 is 1.68 bits per heavy atom. The van der Waals surface area contributed by atoms with Crippen LogP contribution < -0.4 is 21.3 Å². The van der Waals surface area contributed by atoms with Crippen LogP contribution in [0, 0.1) is 37.5 Å². The molecule has 0 radical (unpaired) electrons. The van der Waals surface area contributed by atoms with Crippen LogP contribution in [0.15, 0.2) is 6.07 Å². The van der Waals surface area contributed by atoms with Crippen LogP contribution in [0.2, 0.25) is 0 Å². The van der Waals surface area contributed by atoms with Gasteiger partial charge in [0.15, 0.2) is 0 Å². The summed E-state index contributed by atoms with van der Waals surface area (Å²) in [5, 5.41) is 27.3. The summed E-state index contributed by atoms with van der Waals surface area (Å²) in [6.07, 6.45) is 4.98. The standard InChI is InChI=1S/C34H60N6O6S/c1-21(2)16-29(32(43)35-20-22(3)4)37-31(42)23(5)17-30(41)28(19-26-10-9-11-26)36-33(44)27(12-15-47-8)38-34(45)46-14-13-40-25(7)18-24(6)39-40/h18,21-23,26-30,41H,9-17,19-20H2,1-8H3,(H,35,43)(H,36,44)(H,37,42)(H,38,45)/t23-,27+,28+,29+,30+/m1/s1. The maximum Gasteiger partial charge on any atom is 0.407 e. The number of carbonyl (C=O) groups is 4. The number of nitrogens with one attached hydrogen (secondary N) is 4. The lowest BCUT2D eigenvalue weighted by Gasteiger charge is -2.34. The molecule has 1 aliphatic carbocycles. The number of aromatic nitrogens is 2. The Hall–Kier alpha value is -2.80. The summed E-state index contributed by atoms with van der Waals surface area (Å²) < 4.78 is 7.14. The number of aryl methyl sites for hydroxylation is 2. The highest BCUT2D eigenvalue weighted by molar-refractivity contribution is 7.98. The number of hydrogen-bond acceptors (Lipinski definition) is 8. The number of aliphatic hydroxyl groups is 1. The van der Waals surface area contributed by atoms with E-state index in [4.69, 9.17) is 4.74 Å². The van der Waals surface area contributed by atoms with Gasteiger partial charge < -0.3 is 31.1 Å². The van der Waals surface area contributed by atoms with E-state index >= 15 is 0 Å². The second kappa shape index (κ2) is 20.5. The van der Waals surface area contributed by atoms with Crippen LogP contribution in [0.25, 0.3) is 0 Å². The molecule has 4 amide bonds. The van der Waals surface area contributed by atoms with Gasteiger partial charge in [0.05, 0.1) is 24.4 Å². The van der Waals surface area contributed by atoms with E-state index in [1.807, 2.05) is 53.9 Å². The van der Waals surface area contributed by atoms with Crippen molar-refractivity contribution >= 4 is 35.6 Å². The Morgan fingerprint density at radius 3 is 2.23 bits per heavy atom. The molecule has 0 saturated heterocycles. The highest BCUT2D eigenvalue weighted by Gasteiger charge is 2.33. The van der Waals surface area contributed by atoms with E-state index in [1.54, 1.807) is 23.4 Å². The van der Waals surface area contributed by atoms with Gasteiger partial charge in [-0.25, -0.2) is 4.79 Å². The summed E-state index contributed by atoms with van der Waals surface area (Å²) in [5.74, 6) is -0.0228. The zero-order valence-electron chi connectivity index (χ0n) is 29.8. The summed E-state index contributed by atoms with van der Waals surface area (Å²) in [6.45, 7) is 14.6. The predicted molar refractivity (Wildman–Crippen MR) is 186 cm³/mol. The molecule has 1 heterocycles. The van der Waals surface area contributed by atoms with Crippen LogP contribution >= 0.6 is 11.8 Å². The summed E-state index contributed by atoms with van der Waals surface area (Å²) in [7, 11) is 0. The second-order valence-electron chi connectivity index (χ2n) is 13.9. The van der Waals surface area contributed by atoms with Gasteiger partial charge in [0.1, 0.15) is 18.7 Å². The topological polar surface area (TPSA) is 164 Å². The average molecular weight is 681 g/mol. The van der Waals surface area contributed by atoms with Crippen molar-refractivity contribution in [2.24, 2.45) is 23.7 Å². The van der Waals surface area contributed by atoms with Crippen LogP contribution in [-0.2, 0) is 25.7 Å². The molecule has 1 aliphatic rings. The molecule has 47 heavy (non-hydrogen) atoms. The van der Waals surface area contributed by atoms with E-state index in [2.05, 4.69) is 26.4 Å². The Bertz CT molecular complexity index is 1140. The number of nitrogens with zero attached hydrogens (tertiary/aromatic N) is 2. The van der Waals surface area contributed by atoms with E-state index in [0.717, 1.165) is 30.7 Å². The molecule has 1 aromatic rings. The minimum absolute atomic E-state index is 0.102. The first kappa shape index (κ1) is 40.4. The predicted octanol–water partition coefficient (Wildman–Crippen LogP) is 3.71. The van der Waals surface area contributed by atoms with Crippen molar-refractivity contribution in [3.8, 4) is 0 Å². The molecule has 0 unspecified atom stereocenters. The molecular weight excluding hydrogens is 620 g/mol. The van der Waals surface area contributed by atoms with Crippen molar-refractivity contribution in [3.63, 3.8) is 0 Å². The van der Waals surface area contributed by atoms with Gasteiger partial charge in [-0.1, -0.05) is 53.9 Å². The Kier molecular flexibility index (Phi) is 17.6. The highest BCUT2D eigenvalue weighted by atomic mass is 32.2. The van der Waals surface area contributed by atoms with Gasteiger partial charge in [-0.05, 0) is 75.4 Å². The quantitative estimate of drug-likeness (QED) is 0.131. The van der Waals surface area contributed by atoms with Crippen molar-refractivity contribution in [1.82, 2.24) is 31.0 Å². The summed E-state index contributed by atoms with van der Waals surface area (Å²) in [6, 6.07) is -0.158. The molecule has 13 heteroatoms. The molecule has 268 valence electrons. The molecule has 0 aliphatic heterocycles. The maximum absolute atomic E-state index is 13.5. The van der Waals surface area contributed by atoms with Crippen LogP contribution in [0.3, 0.4) is 0 Å². The molecule has 2 rings (SSSR count). The number of ether oxygens (including phenoxy) is 1. The van der Waals surface area contributed by atoms with Crippen molar-refractivity contribution in [2.75, 3.05) is 25.2 Å². The van der Waals surface area contributed by atoms with Crippen molar-refractivity contribution in [3.05, 3.63) is 17.5 Å². The fraction of sp³-hybridized carbons (Fsp3) is 0.794. The normalized spacial score (nSPS) is 16.5. The molecule has 12 nitrogen and oxygen atoms in total. The van der Waals surface area contributed by atoms with E-state index in [-0.39, 0.29) is 36.7 Å². The van der Waals surface area contributed by atoms with Gasteiger partial charge in [-0.2, -0.15) is 16.9 Å². The number of aliphatic hydroxyl groups excluding tert-OH is 1. The minimum Gasteiger partial charge on any atom is -0.448 e. The van der Waals surface area contributed by atoms with Gasteiger partial charge in [-0.15, -0.1) is 0 Å². The number of rotatable bonds is 21. The molecule has 0 aromatic carbocycles. The molecule has 0 spiro atoms.